The fraction of sp³-hybridized carbons (Fsp3) is 0.713. The van der Waals surface area contributed by atoms with Crippen molar-refractivity contribution in [3.05, 3.63) is 67.8 Å². The zero-order valence-corrected chi connectivity index (χ0v) is 81.1. The molecule has 57 heteroatoms. The Morgan fingerprint density at radius 2 is 0.819 bits per heavy atom. The second-order valence-electron chi connectivity index (χ2n) is 35.7. The molecule has 8 amide bonds. The highest BCUT2D eigenvalue weighted by atomic mass is 32.2. The smallest absolute Gasteiger partial charge is 0.407 e. The Morgan fingerprint density at radius 1 is 0.465 bits per heavy atom. The van der Waals surface area contributed by atoms with Gasteiger partial charge in [0.25, 0.3) is 24.3 Å². The number of carboxylic acids is 4. The van der Waals surface area contributed by atoms with Crippen LogP contribution in [-0.2, 0) is 84.8 Å². The minimum atomic E-state index is -1.76. The Labute approximate surface area is 835 Å². The zero-order valence-electron chi connectivity index (χ0n) is 79.5. The van der Waals surface area contributed by atoms with Crippen LogP contribution in [0.1, 0.15) is 101 Å². The molecule has 18 unspecified atom stereocenters. The Hall–Kier alpha value is -10.7. The molecule has 8 saturated heterocycles. The van der Waals surface area contributed by atoms with Gasteiger partial charge in [0.2, 0.25) is 24.4 Å². The average molecular weight is 2090 g/mol. The number of aliphatic hydroxyl groups excluding tert-OH is 8. The molecule has 10 rings (SSSR count). The number of nitrogens with one attached hydrogen (secondary N) is 8. The number of amides is 8. The van der Waals surface area contributed by atoms with E-state index in [1.54, 1.807) is 31.4 Å². The first kappa shape index (κ1) is 117. The molecule has 144 heavy (non-hydrogen) atoms. The molecule has 8 aliphatic rings. The topological polar surface area (TPSA) is 747 Å². The molecule has 2 aromatic carbocycles. The van der Waals surface area contributed by atoms with Crippen molar-refractivity contribution in [2.45, 2.75) is 212 Å². The molecule has 55 nitrogen and oxygen atoms in total. The number of aliphatic hydroxyl groups is 8. The molecule has 8 aliphatic heterocycles. The van der Waals surface area contributed by atoms with E-state index in [4.69, 9.17) is 37.9 Å². The molecular formula is C87H134N18O37S2. The maximum atomic E-state index is 13.1. The standard InChI is InChI=1S/C47H73N9O19S.C40H61N9O18S/c57-25-35-40(63)41(64)42(65)45(75-35)74-32-12-11-30(34(23-32)56(70)71)26-73-47(69)48-13-14-52-15-17-53(24-38(61)62)19-21-55(22-20-54(18-16-52)28-72-29-58)43(44(66)67)50-37(60)10-4-2-1-3-7-31(59)8-5-6-9-36-39-33(27-76-36)49-46(68)51-39;50-19-28-33(55)34(56)35(57)38(67-28)66-25-6-5-24(27(17-25)49(62)63)20-65-40(61)41-7-8-45-9-11-46(18-31(53)54)13-15-48(16-14-47(12-10-45)22-64-23-51)36(37(58)59)43-30(52)4-2-1-3-29-32-26(21-68-29)42-39(60)44-32/h11-12,23,29,33,35-36,39-43,45,57,63-65H,1-10,13-22,24-28H2,(H,48,69)(H,50,60)(H,61,62)(H,66,67)(H2,49,51,68);5-6,17,23,26,28-29,32-36,38,50,55-57H,1-4,7-16,18-22H2,(H,41,61)(H,43,52)(H,53,54)(H,58,59)(H2,42,44,60). The van der Waals surface area contributed by atoms with E-state index in [1.165, 1.54) is 34.1 Å². The van der Waals surface area contributed by atoms with Crippen molar-refractivity contribution in [1.82, 2.24) is 81.7 Å². The second-order valence-corrected chi connectivity index (χ2v) is 38.2. The summed E-state index contributed by atoms with van der Waals surface area (Å²) in [5.74, 6) is -4.26. The van der Waals surface area contributed by atoms with Gasteiger partial charge in [-0.3, -0.25) is 93.0 Å². The largest absolute Gasteiger partial charge is 0.480 e. The average Bonchev–Trinajstić information content (AvgIpc) is 1.00. The predicted octanol–water partition coefficient (Wildman–Crippen LogP) is -4.71. The number of nitro benzene ring substituents is 2. The highest BCUT2D eigenvalue weighted by molar-refractivity contribution is 8.00. The fourth-order valence-electron chi connectivity index (χ4n) is 17.5. The summed E-state index contributed by atoms with van der Waals surface area (Å²) in [6.07, 6.45) is -12.5. The number of hydrogen-bond donors (Lipinski definition) is 20. The van der Waals surface area contributed by atoms with Gasteiger partial charge in [-0.25, -0.2) is 28.8 Å². The number of aliphatic carboxylic acids is 4. The minimum absolute atomic E-state index is 0.0219. The Morgan fingerprint density at radius 3 is 1.19 bits per heavy atom. The van der Waals surface area contributed by atoms with E-state index in [1.807, 2.05) is 21.6 Å². The molecule has 0 bridgehead atoms. The third-order valence-corrected chi connectivity index (χ3v) is 28.6. The monoisotopic (exact) mass is 2090 g/mol. The maximum Gasteiger partial charge on any atom is 0.407 e. The second kappa shape index (κ2) is 60.4. The number of nitrogens with zero attached hydrogens (tertiary/aromatic N) is 10. The van der Waals surface area contributed by atoms with Crippen molar-refractivity contribution in [2.24, 2.45) is 0 Å². The zero-order chi connectivity index (χ0) is 104. The van der Waals surface area contributed by atoms with Gasteiger partial charge < -0.3 is 142 Å². The van der Waals surface area contributed by atoms with Crippen LogP contribution in [0.25, 0.3) is 0 Å². The summed E-state index contributed by atoms with van der Waals surface area (Å²) in [7, 11) is 0. The molecule has 0 saturated carbocycles. The number of Topliss-reactive ketones (excluding diaryl/α,β-unsaturated/α-hetero) is 1. The van der Waals surface area contributed by atoms with Crippen LogP contribution >= 0.6 is 23.5 Å². The number of ether oxygens (including phenoxy) is 8. The lowest BCUT2D eigenvalue weighted by atomic mass is 9.99. The number of alkyl carbamates (subject to hydrolysis) is 2. The summed E-state index contributed by atoms with van der Waals surface area (Å²) in [6.45, 7) is 0.512. The van der Waals surface area contributed by atoms with E-state index in [0.29, 0.717) is 69.8 Å². The summed E-state index contributed by atoms with van der Waals surface area (Å²) in [5, 5.41) is 166. The van der Waals surface area contributed by atoms with Crippen molar-refractivity contribution in [3.8, 4) is 11.5 Å². The summed E-state index contributed by atoms with van der Waals surface area (Å²) in [5.41, 5.74) is -1.08. The van der Waals surface area contributed by atoms with Crippen LogP contribution in [0.3, 0.4) is 0 Å². The molecule has 0 aromatic heterocycles. The lowest BCUT2D eigenvalue weighted by molar-refractivity contribution is -0.386. The number of fused-ring (bicyclic) bond motifs is 2. The van der Waals surface area contributed by atoms with E-state index >= 15 is 0 Å². The number of nitro groups is 2. The number of carbonyl (C=O) groups is 13. The van der Waals surface area contributed by atoms with E-state index in [-0.39, 0.29) is 233 Å². The molecule has 8 heterocycles. The lowest BCUT2D eigenvalue weighted by Gasteiger charge is -2.39. The molecule has 806 valence electrons. The number of ketones is 1. The van der Waals surface area contributed by atoms with E-state index in [2.05, 4.69) is 42.5 Å². The maximum absolute atomic E-state index is 13.1. The third kappa shape index (κ3) is 38.0. The van der Waals surface area contributed by atoms with E-state index < -0.39 is 169 Å². The number of rotatable bonds is 51. The Balaban J connectivity index is 0.000000323. The molecule has 20 N–H and O–H groups in total. The summed E-state index contributed by atoms with van der Waals surface area (Å²) in [6, 6.07) is 7.12. The summed E-state index contributed by atoms with van der Waals surface area (Å²) in [4.78, 5) is 195. The van der Waals surface area contributed by atoms with Gasteiger partial charge in [0.1, 0.15) is 92.8 Å². The molecule has 8 fully saturated rings. The van der Waals surface area contributed by atoms with Gasteiger partial charge in [0.05, 0.1) is 83.6 Å². The van der Waals surface area contributed by atoms with Crippen LogP contribution < -0.4 is 52.0 Å². The number of thioether (sulfide) groups is 2. The first-order valence-corrected chi connectivity index (χ1v) is 49.7. The molecule has 0 aliphatic carbocycles. The van der Waals surface area contributed by atoms with Crippen LogP contribution in [-0.4, -0.2) is 480 Å². The van der Waals surface area contributed by atoms with Crippen LogP contribution in [0.15, 0.2) is 36.4 Å². The van der Waals surface area contributed by atoms with Crippen molar-refractivity contribution in [2.75, 3.05) is 182 Å². The summed E-state index contributed by atoms with van der Waals surface area (Å²) < 4.78 is 42.2. The van der Waals surface area contributed by atoms with Crippen molar-refractivity contribution in [1.29, 1.82) is 0 Å². The number of carboxylic acid groups (broad SMARTS) is 4. The van der Waals surface area contributed by atoms with Gasteiger partial charge in [-0.05, 0) is 62.8 Å². The van der Waals surface area contributed by atoms with Crippen LogP contribution in [0, 0.1) is 20.2 Å². The fourth-order valence-corrected chi connectivity index (χ4v) is 20.6. The van der Waals surface area contributed by atoms with Crippen LogP contribution in [0.2, 0.25) is 0 Å². The van der Waals surface area contributed by atoms with Crippen molar-refractivity contribution >= 4 is 114 Å². The normalized spacial score (nSPS) is 26.1. The van der Waals surface area contributed by atoms with E-state index in [9.17, 15) is 144 Å². The number of hydrogen-bond acceptors (Lipinski definition) is 43. The van der Waals surface area contributed by atoms with Gasteiger partial charge in [-0.1, -0.05) is 25.7 Å². The lowest BCUT2D eigenvalue weighted by Crippen LogP contribution is -2.60. The predicted molar refractivity (Wildman–Crippen MR) is 502 cm³/mol. The minimum Gasteiger partial charge on any atom is -0.480 e. The third-order valence-electron chi connectivity index (χ3n) is 25.5. The Bertz CT molecular complexity index is 4530. The highest BCUT2D eigenvalue weighted by Crippen LogP contribution is 2.37. The quantitative estimate of drug-likeness (QED) is 0.00739. The number of urea groups is 2. The van der Waals surface area contributed by atoms with Crippen LogP contribution in [0.4, 0.5) is 30.6 Å². The molecule has 0 radical (unpaired) electrons. The van der Waals surface area contributed by atoms with Gasteiger partial charge >= 0.3 is 48.1 Å². The summed E-state index contributed by atoms with van der Waals surface area (Å²) >= 11 is 3.61. The molecule has 0 spiro atoms. The van der Waals surface area contributed by atoms with Gasteiger partial charge in [0, 0.05) is 179 Å². The van der Waals surface area contributed by atoms with Crippen molar-refractivity contribution < 1.29 is 171 Å². The molecule has 2 aromatic rings. The highest BCUT2D eigenvalue weighted by Gasteiger charge is 2.49. The van der Waals surface area contributed by atoms with Crippen molar-refractivity contribution in [3.63, 3.8) is 0 Å². The van der Waals surface area contributed by atoms with E-state index in [0.717, 1.165) is 55.7 Å². The SMILES string of the molecule is O=COCN1CCN(CCNC(=O)OCc2ccc(OC3OC(CO)C(O)C(O)C3O)cc2[N+](=O)[O-])CCN(CC(=O)O)CCN(C(NC(=O)CCCCC2SCC3NC(=O)NC32)C(=O)O)CC1.O=COCN1CCN(CCNC(=O)OCc2ccc(OC3OC(CO)C(O)C(O)C3O)cc2[N+](=O)[O-])CCN(CC(=O)O)CCN(C(NC(=O)CCCCCCC(=O)CCCCC2SCC3NC(=O)NC32)C(=O)O)CC1. The number of carbonyl (C=O) groups excluding carboxylic acids is 9. The number of benzene rings is 2. The van der Waals surface area contributed by atoms with Gasteiger partial charge in [-0.2, -0.15) is 23.5 Å². The van der Waals surface area contributed by atoms with Crippen LogP contribution in [0.5, 0.6) is 11.5 Å². The first-order valence-electron chi connectivity index (χ1n) is 47.6. The molecule has 18 atom stereocenters. The Kier molecular flexibility index (Phi) is 49.1. The number of unbranched alkanes of at least 4 members (excludes halogenated alkanes) is 5. The first-order chi connectivity index (χ1) is 69.0. The van der Waals surface area contributed by atoms with Gasteiger partial charge in [-0.15, -0.1) is 0 Å². The molecular weight excluding hydrogens is 1950 g/mol. The van der Waals surface area contributed by atoms with Gasteiger partial charge in [0.15, 0.2) is 12.3 Å².